The normalized spacial score (nSPS) is 17.7. The number of hydrogen-bond donors (Lipinski definition) is 0. The molecule has 1 saturated carbocycles. The summed E-state index contributed by atoms with van der Waals surface area (Å²) in [6.45, 7) is 9.52. The van der Waals surface area contributed by atoms with Crippen molar-refractivity contribution in [1.82, 2.24) is 9.55 Å². The molecule has 6 heteroatoms. The molecule has 27 heavy (non-hydrogen) atoms. The Bertz CT molecular complexity index is 951. The van der Waals surface area contributed by atoms with Gasteiger partial charge >= 0.3 is 0 Å². The smallest absolute Gasteiger partial charge is 0.261 e. The molecule has 0 bridgehead atoms. The molecule has 0 aliphatic heterocycles. The Kier molecular flexibility index (Phi) is 5.50. The van der Waals surface area contributed by atoms with Gasteiger partial charge in [0.05, 0.1) is 16.6 Å². The Morgan fingerprint density at radius 1 is 1.30 bits per heavy atom. The van der Waals surface area contributed by atoms with Crippen LogP contribution in [0.5, 0.6) is 0 Å². The minimum absolute atomic E-state index is 0.0170. The van der Waals surface area contributed by atoms with Gasteiger partial charge in [-0.05, 0) is 65.2 Å². The van der Waals surface area contributed by atoms with E-state index in [9.17, 15) is 9.35 Å². The molecular weight excluding hydrogens is 358 g/mol. The highest BCUT2D eigenvalue weighted by atomic mass is 32.2. The summed E-state index contributed by atoms with van der Waals surface area (Å²) in [6.07, 6.45) is 4.52. The van der Waals surface area contributed by atoms with Gasteiger partial charge < -0.3 is 4.55 Å². The van der Waals surface area contributed by atoms with Gasteiger partial charge in [-0.1, -0.05) is 17.2 Å². The lowest BCUT2D eigenvalue weighted by molar-refractivity contribution is 0.561. The van der Waals surface area contributed by atoms with E-state index in [4.69, 9.17) is 4.98 Å². The average molecular weight is 388 g/mol. The molecule has 0 saturated heterocycles. The van der Waals surface area contributed by atoms with Gasteiger partial charge in [0.25, 0.3) is 5.56 Å². The summed E-state index contributed by atoms with van der Waals surface area (Å²) in [4.78, 5) is 18.0. The molecule has 3 rings (SSSR count). The molecule has 1 fully saturated rings. The molecule has 0 N–H and O–H groups in total. The third kappa shape index (κ3) is 3.97. The quantitative estimate of drug-likeness (QED) is 0.586. The molecule has 0 unspecified atom stereocenters. The predicted octanol–water partition coefficient (Wildman–Crippen LogP) is 4.17. The zero-order valence-electron chi connectivity index (χ0n) is 17.1. The number of nitrogens with zero attached hydrogens (tertiary/aromatic N) is 3. The van der Waals surface area contributed by atoms with Crippen molar-refractivity contribution in [2.45, 2.75) is 71.0 Å². The Labute approximate surface area is 164 Å². The van der Waals surface area contributed by atoms with E-state index in [0.29, 0.717) is 22.5 Å². The topological polar surface area (TPSA) is 70.3 Å². The summed E-state index contributed by atoms with van der Waals surface area (Å²) < 4.78 is 18.2. The highest BCUT2D eigenvalue weighted by molar-refractivity contribution is 7.91. The first-order valence-electron chi connectivity index (χ1n) is 9.58. The standard InChI is InChI=1S/C21H29N3O2S/c1-13-11-16(14(2)23-27(26)21(3,4)5)18-17(12-13)20(25)24(6)19(22-18)15-9-7-8-10-15/h11-12,15H,7-10H2,1-6H3/b23-14+/t27-/m1/s1. The lowest BCUT2D eigenvalue weighted by Gasteiger charge is -2.19. The fourth-order valence-corrected chi connectivity index (χ4v) is 4.29. The molecule has 1 atom stereocenters. The lowest BCUT2D eigenvalue weighted by atomic mass is 10.0. The van der Waals surface area contributed by atoms with Crippen LogP contribution in [-0.4, -0.2) is 24.6 Å². The molecule has 2 aromatic rings. The first kappa shape index (κ1) is 20.1. The summed E-state index contributed by atoms with van der Waals surface area (Å²) in [5.41, 5.74) is 3.10. The zero-order chi connectivity index (χ0) is 19.9. The van der Waals surface area contributed by atoms with Gasteiger partial charge in [-0.25, -0.2) is 4.98 Å². The van der Waals surface area contributed by atoms with Crippen molar-refractivity contribution < 1.29 is 4.55 Å². The highest BCUT2D eigenvalue weighted by Crippen LogP contribution is 2.33. The number of hydrogen-bond acceptors (Lipinski definition) is 4. The fraction of sp³-hybridized carbons (Fsp3) is 0.571. The van der Waals surface area contributed by atoms with E-state index in [1.807, 2.05) is 53.8 Å². The summed E-state index contributed by atoms with van der Waals surface area (Å²) in [5, 5.41) is 0.602. The second kappa shape index (κ2) is 7.40. The Balaban J connectivity index is 2.23. The number of rotatable bonds is 3. The van der Waals surface area contributed by atoms with E-state index < -0.39 is 16.1 Å². The van der Waals surface area contributed by atoms with Crippen LogP contribution in [0.1, 0.15) is 76.2 Å². The molecule has 1 aromatic carbocycles. The maximum atomic E-state index is 13.0. The van der Waals surface area contributed by atoms with Crippen LogP contribution in [-0.2, 0) is 18.4 Å². The van der Waals surface area contributed by atoms with Gasteiger partial charge in [0, 0.05) is 18.5 Å². The van der Waals surface area contributed by atoms with Crippen molar-refractivity contribution >= 4 is 28.0 Å². The SMILES string of the molecule is C/C(=N\[S@+]([O-])C(C)(C)C)c1cc(C)cc2c(=O)n(C)c(C3CCCC3)nc12. The van der Waals surface area contributed by atoms with Gasteiger partial charge in [0.1, 0.15) is 21.9 Å². The summed E-state index contributed by atoms with van der Waals surface area (Å²) in [6, 6.07) is 3.88. The Morgan fingerprint density at radius 3 is 2.52 bits per heavy atom. The highest BCUT2D eigenvalue weighted by Gasteiger charge is 2.28. The van der Waals surface area contributed by atoms with Crippen LogP contribution in [0.4, 0.5) is 0 Å². The van der Waals surface area contributed by atoms with Gasteiger partial charge in [-0.15, -0.1) is 0 Å². The fourth-order valence-electron chi connectivity index (χ4n) is 3.67. The van der Waals surface area contributed by atoms with Gasteiger partial charge in [-0.2, -0.15) is 0 Å². The van der Waals surface area contributed by atoms with Gasteiger partial charge in [0.2, 0.25) is 0 Å². The van der Waals surface area contributed by atoms with E-state index in [-0.39, 0.29) is 5.56 Å². The minimum atomic E-state index is -1.36. The van der Waals surface area contributed by atoms with E-state index in [1.54, 1.807) is 4.57 Å². The number of benzene rings is 1. The molecule has 1 aromatic heterocycles. The van der Waals surface area contributed by atoms with Crippen molar-refractivity contribution in [3.8, 4) is 0 Å². The molecule has 0 spiro atoms. The number of fused-ring (bicyclic) bond motifs is 1. The molecule has 5 nitrogen and oxygen atoms in total. The van der Waals surface area contributed by atoms with Crippen LogP contribution in [0.3, 0.4) is 0 Å². The molecule has 1 aliphatic rings. The van der Waals surface area contributed by atoms with Crippen LogP contribution in [0.2, 0.25) is 0 Å². The second-order valence-electron chi connectivity index (χ2n) is 8.56. The zero-order valence-corrected chi connectivity index (χ0v) is 17.9. The maximum Gasteiger partial charge on any atom is 0.261 e. The maximum absolute atomic E-state index is 13.0. The monoisotopic (exact) mass is 387 g/mol. The van der Waals surface area contributed by atoms with E-state index >= 15 is 0 Å². The number of aromatic nitrogens is 2. The van der Waals surface area contributed by atoms with Crippen LogP contribution >= 0.6 is 0 Å². The van der Waals surface area contributed by atoms with Crippen LogP contribution in [0.15, 0.2) is 21.3 Å². The Morgan fingerprint density at radius 2 is 1.93 bits per heavy atom. The van der Waals surface area contributed by atoms with Crippen molar-refractivity contribution in [3.63, 3.8) is 0 Å². The van der Waals surface area contributed by atoms with Crippen molar-refractivity contribution in [2.24, 2.45) is 11.4 Å². The second-order valence-corrected chi connectivity index (χ2v) is 10.5. The van der Waals surface area contributed by atoms with Crippen LogP contribution in [0.25, 0.3) is 10.9 Å². The van der Waals surface area contributed by atoms with E-state index in [1.165, 1.54) is 12.8 Å². The first-order chi connectivity index (χ1) is 12.6. The summed E-state index contributed by atoms with van der Waals surface area (Å²) >= 11 is -1.36. The predicted molar refractivity (Wildman–Crippen MR) is 113 cm³/mol. The van der Waals surface area contributed by atoms with Crippen LogP contribution in [0, 0.1) is 6.92 Å². The molecule has 0 radical (unpaired) electrons. The molecule has 146 valence electrons. The van der Waals surface area contributed by atoms with Gasteiger partial charge in [0.15, 0.2) is 0 Å². The summed E-state index contributed by atoms with van der Waals surface area (Å²) in [5.74, 6) is 1.20. The molecule has 0 amide bonds. The van der Waals surface area contributed by atoms with E-state index in [0.717, 1.165) is 29.8 Å². The van der Waals surface area contributed by atoms with E-state index in [2.05, 4.69) is 4.40 Å². The van der Waals surface area contributed by atoms with Crippen LogP contribution < -0.4 is 5.56 Å². The lowest BCUT2D eigenvalue weighted by Crippen LogP contribution is -2.27. The average Bonchev–Trinajstić information content (AvgIpc) is 3.11. The summed E-state index contributed by atoms with van der Waals surface area (Å²) in [7, 11) is 1.82. The van der Waals surface area contributed by atoms with Crippen molar-refractivity contribution in [1.29, 1.82) is 0 Å². The first-order valence-corrected chi connectivity index (χ1v) is 10.7. The Hall–Kier alpha value is -1.66. The van der Waals surface area contributed by atoms with Crippen molar-refractivity contribution in [2.75, 3.05) is 0 Å². The third-order valence-corrected chi connectivity index (χ3v) is 6.70. The van der Waals surface area contributed by atoms with Gasteiger partial charge in [-0.3, -0.25) is 9.36 Å². The van der Waals surface area contributed by atoms with Crippen molar-refractivity contribution in [3.05, 3.63) is 39.4 Å². The minimum Gasteiger partial charge on any atom is -0.591 e. The molecule has 1 heterocycles. The largest absolute Gasteiger partial charge is 0.591 e. The molecular formula is C21H29N3O2S. The molecule has 1 aliphatic carbocycles. The number of aryl methyl sites for hydroxylation is 1. The third-order valence-electron chi connectivity index (χ3n) is 5.21.